The van der Waals surface area contributed by atoms with Crippen molar-refractivity contribution < 1.29 is 14.3 Å². The Bertz CT molecular complexity index is 391. The summed E-state index contributed by atoms with van der Waals surface area (Å²) in [5.74, 6) is -0.396. The van der Waals surface area contributed by atoms with Crippen LogP contribution >= 0.6 is 11.3 Å². The molecule has 1 saturated heterocycles. The second-order valence-corrected chi connectivity index (χ2v) is 4.77. The molecule has 0 spiro atoms. The number of thiazole rings is 1. The van der Waals surface area contributed by atoms with Crippen LogP contribution in [0.5, 0.6) is 0 Å². The first-order valence-corrected chi connectivity index (χ1v) is 6.75. The van der Waals surface area contributed by atoms with Gasteiger partial charge in [0.1, 0.15) is 0 Å². The van der Waals surface area contributed by atoms with Crippen LogP contribution in [-0.2, 0) is 9.47 Å². The number of methoxy groups -OCH3 is 1. The van der Waals surface area contributed by atoms with Gasteiger partial charge in [-0.1, -0.05) is 0 Å². The topological polar surface area (TPSA) is 63.7 Å². The number of hydrogen-bond donors (Lipinski definition) is 1. The third kappa shape index (κ3) is 3.66. The Morgan fingerprint density at radius 2 is 2.39 bits per heavy atom. The first-order valence-electron chi connectivity index (χ1n) is 5.87. The highest BCUT2D eigenvalue weighted by atomic mass is 32.1. The second-order valence-electron chi connectivity index (χ2n) is 3.91. The van der Waals surface area contributed by atoms with Crippen LogP contribution in [0.25, 0.3) is 0 Å². The number of carbonyl (C=O) groups excluding carboxylic acids is 1. The van der Waals surface area contributed by atoms with Crippen molar-refractivity contribution in [2.24, 2.45) is 0 Å². The van der Waals surface area contributed by atoms with Crippen LogP contribution in [-0.4, -0.2) is 62.4 Å². The van der Waals surface area contributed by atoms with Crippen LogP contribution in [0.1, 0.15) is 10.5 Å². The van der Waals surface area contributed by atoms with Crippen molar-refractivity contribution in [1.29, 1.82) is 0 Å². The molecule has 6 nitrogen and oxygen atoms in total. The summed E-state index contributed by atoms with van der Waals surface area (Å²) in [6.45, 7) is 5.35. The normalized spacial score (nSPS) is 16.5. The van der Waals surface area contributed by atoms with Gasteiger partial charge in [0.25, 0.3) is 0 Å². The molecule has 0 radical (unpaired) electrons. The zero-order valence-corrected chi connectivity index (χ0v) is 11.2. The summed E-state index contributed by atoms with van der Waals surface area (Å²) < 4.78 is 9.89. The quantitative estimate of drug-likeness (QED) is 0.794. The summed E-state index contributed by atoms with van der Waals surface area (Å²) in [5.41, 5.74) is 0.358. The van der Waals surface area contributed by atoms with E-state index in [9.17, 15) is 4.79 Å². The molecule has 0 amide bonds. The minimum Gasteiger partial charge on any atom is -0.464 e. The molecular formula is C11H17N3O3S. The third-order valence-corrected chi connectivity index (χ3v) is 3.51. The Hall–Kier alpha value is -1.18. The molecule has 1 N–H and O–H groups in total. The van der Waals surface area contributed by atoms with E-state index in [1.165, 1.54) is 18.4 Å². The van der Waals surface area contributed by atoms with Gasteiger partial charge in [-0.3, -0.25) is 4.90 Å². The molecule has 18 heavy (non-hydrogen) atoms. The average molecular weight is 271 g/mol. The van der Waals surface area contributed by atoms with E-state index in [4.69, 9.17) is 4.74 Å². The number of nitrogens with one attached hydrogen (secondary N) is 1. The van der Waals surface area contributed by atoms with Crippen molar-refractivity contribution in [3.05, 3.63) is 11.1 Å². The predicted molar refractivity (Wildman–Crippen MR) is 69.2 cm³/mol. The highest BCUT2D eigenvalue weighted by Crippen LogP contribution is 2.15. The molecule has 7 heteroatoms. The number of aromatic nitrogens is 1. The van der Waals surface area contributed by atoms with E-state index in [-0.39, 0.29) is 0 Å². The van der Waals surface area contributed by atoms with E-state index >= 15 is 0 Å². The van der Waals surface area contributed by atoms with Gasteiger partial charge in [-0.05, 0) is 0 Å². The molecule has 1 fully saturated rings. The summed E-state index contributed by atoms with van der Waals surface area (Å²) in [4.78, 5) is 17.7. The van der Waals surface area contributed by atoms with E-state index in [1.54, 1.807) is 5.38 Å². The highest BCUT2D eigenvalue weighted by Gasteiger charge is 2.12. The molecular weight excluding hydrogens is 254 g/mol. The molecule has 2 rings (SSSR count). The van der Waals surface area contributed by atoms with Crippen molar-refractivity contribution >= 4 is 22.4 Å². The molecule has 0 aliphatic carbocycles. The molecule has 1 aromatic heterocycles. The van der Waals surface area contributed by atoms with Crippen LogP contribution in [0.3, 0.4) is 0 Å². The van der Waals surface area contributed by atoms with Crippen molar-refractivity contribution in [2.45, 2.75) is 0 Å². The Balaban J connectivity index is 1.72. The van der Waals surface area contributed by atoms with Crippen LogP contribution in [0.2, 0.25) is 0 Å². The SMILES string of the molecule is COC(=O)c1csc(NCCN2CCOCC2)n1. The maximum Gasteiger partial charge on any atom is 0.357 e. The fourth-order valence-electron chi connectivity index (χ4n) is 1.70. The number of nitrogens with zero attached hydrogens (tertiary/aromatic N) is 2. The van der Waals surface area contributed by atoms with E-state index in [2.05, 4.69) is 19.9 Å². The first kappa shape index (κ1) is 13.3. The number of carbonyl (C=O) groups is 1. The van der Waals surface area contributed by atoms with Gasteiger partial charge in [-0.25, -0.2) is 9.78 Å². The fraction of sp³-hybridized carbons (Fsp3) is 0.636. The Labute approximate surface area is 110 Å². The summed E-state index contributed by atoms with van der Waals surface area (Å²) in [6, 6.07) is 0. The second kappa shape index (κ2) is 6.67. The molecule has 0 unspecified atom stereocenters. The number of anilines is 1. The van der Waals surface area contributed by atoms with Crippen LogP contribution in [0, 0.1) is 0 Å². The molecule has 0 aromatic carbocycles. The molecule has 1 aromatic rings. The Morgan fingerprint density at radius 3 is 3.11 bits per heavy atom. The Kier molecular flexibility index (Phi) is 4.91. The van der Waals surface area contributed by atoms with Crippen molar-refractivity contribution in [3.63, 3.8) is 0 Å². The standard InChI is InChI=1S/C11H17N3O3S/c1-16-10(15)9-8-18-11(13-9)12-2-3-14-4-6-17-7-5-14/h8H,2-7H2,1H3,(H,12,13). The number of rotatable bonds is 5. The monoisotopic (exact) mass is 271 g/mol. The molecule has 2 heterocycles. The van der Waals surface area contributed by atoms with Gasteiger partial charge in [0.05, 0.1) is 20.3 Å². The lowest BCUT2D eigenvalue weighted by Gasteiger charge is -2.26. The van der Waals surface area contributed by atoms with Gasteiger partial charge in [-0.15, -0.1) is 11.3 Å². The minimum absolute atomic E-state index is 0.358. The van der Waals surface area contributed by atoms with Crippen LogP contribution in [0.15, 0.2) is 5.38 Å². The number of ether oxygens (including phenoxy) is 2. The van der Waals surface area contributed by atoms with Gasteiger partial charge in [0.2, 0.25) is 0 Å². The van der Waals surface area contributed by atoms with Gasteiger partial charge in [-0.2, -0.15) is 0 Å². The van der Waals surface area contributed by atoms with Crippen LogP contribution < -0.4 is 5.32 Å². The van der Waals surface area contributed by atoms with Gasteiger partial charge in [0.15, 0.2) is 10.8 Å². The summed E-state index contributed by atoms with van der Waals surface area (Å²) in [5, 5.41) is 5.66. The molecule has 1 aliphatic heterocycles. The average Bonchev–Trinajstić information content (AvgIpc) is 2.88. The summed E-state index contributed by atoms with van der Waals surface area (Å²) in [6.07, 6.45) is 0. The highest BCUT2D eigenvalue weighted by molar-refractivity contribution is 7.13. The molecule has 0 saturated carbocycles. The lowest BCUT2D eigenvalue weighted by molar-refractivity contribution is 0.0398. The lowest BCUT2D eigenvalue weighted by atomic mass is 10.4. The zero-order valence-electron chi connectivity index (χ0n) is 10.3. The molecule has 100 valence electrons. The predicted octanol–water partition coefficient (Wildman–Crippen LogP) is 0.674. The molecule has 0 atom stereocenters. The van der Waals surface area contributed by atoms with Gasteiger partial charge in [0, 0.05) is 31.6 Å². The van der Waals surface area contributed by atoms with E-state index in [0.717, 1.165) is 44.5 Å². The number of hydrogen-bond acceptors (Lipinski definition) is 7. The fourth-order valence-corrected chi connectivity index (χ4v) is 2.41. The van der Waals surface area contributed by atoms with E-state index in [0.29, 0.717) is 5.69 Å². The summed E-state index contributed by atoms with van der Waals surface area (Å²) in [7, 11) is 1.35. The molecule has 0 bridgehead atoms. The largest absolute Gasteiger partial charge is 0.464 e. The van der Waals surface area contributed by atoms with Gasteiger partial charge >= 0.3 is 5.97 Å². The maximum absolute atomic E-state index is 11.2. The first-order chi connectivity index (χ1) is 8.79. The number of esters is 1. The maximum atomic E-state index is 11.2. The third-order valence-electron chi connectivity index (χ3n) is 2.71. The minimum atomic E-state index is -0.396. The van der Waals surface area contributed by atoms with Crippen molar-refractivity contribution in [1.82, 2.24) is 9.88 Å². The van der Waals surface area contributed by atoms with E-state index in [1.807, 2.05) is 0 Å². The number of morpholine rings is 1. The van der Waals surface area contributed by atoms with E-state index < -0.39 is 5.97 Å². The zero-order chi connectivity index (χ0) is 12.8. The Morgan fingerprint density at radius 1 is 1.61 bits per heavy atom. The van der Waals surface area contributed by atoms with Crippen LogP contribution in [0.4, 0.5) is 5.13 Å². The van der Waals surface area contributed by atoms with Gasteiger partial charge < -0.3 is 14.8 Å². The smallest absolute Gasteiger partial charge is 0.357 e. The molecule has 1 aliphatic rings. The van der Waals surface area contributed by atoms with Crippen molar-refractivity contribution in [2.75, 3.05) is 51.8 Å². The van der Waals surface area contributed by atoms with Crippen molar-refractivity contribution in [3.8, 4) is 0 Å². The summed E-state index contributed by atoms with van der Waals surface area (Å²) >= 11 is 1.41. The lowest BCUT2D eigenvalue weighted by Crippen LogP contribution is -2.39.